The van der Waals surface area contributed by atoms with Crippen LogP contribution in [0.1, 0.15) is 32.4 Å². The lowest BCUT2D eigenvalue weighted by Gasteiger charge is -2.36. The number of hydrogen-bond acceptors (Lipinski definition) is 4. The van der Waals surface area contributed by atoms with Gasteiger partial charge in [0.2, 0.25) is 0 Å². The molecular weight excluding hydrogens is 488 g/mol. The molecule has 1 heterocycles. The third-order valence-electron chi connectivity index (χ3n) is 4.56. The molecule has 0 spiro atoms. The van der Waals surface area contributed by atoms with Crippen molar-refractivity contribution < 1.29 is 13.9 Å². The molecule has 1 saturated heterocycles. The molecule has 0 bridgehead atoms. The average Bonchev–Trinajstić information content (AvgIpc) is 2.61. The Morgan fingerprint density at radius 1 is 1.17 bits per heavy atom. The van der Waals surface area contributed by atoms with Gasteiger partial charge in [0, 0.05) is 26.2 Å². The zero-order chi connectivity index (χ0) is 20.9. The Balaban J connectivity index is 0.00000420. The Bertz CT molecular complexity index is 683. The summed E-state index contributed by atoms with van der Waals surface area (Å²) in [6.45, 7) is 8.34. The molecule has 7 nitrogen and oxygen atoms in total. The van der Waals surface area contributed by atoms with Gasteiger partial charge >= 0.3 is 6.09 Å². The summed E-state index contributed by atoms with van der Waals surface area (Å²) in [6, 6.07) is 6.45. The molecule has 1 unspecified atom stereocenters. The van der Waals surface area contributed by atoms with Crippen LogP contribution >= 0.6 is 24.0 Å². The molecule has 0 saturated carbocycles. The number of guanidine groups is 1. The first-order chi connectivity index (χ1) is 13.1. The van der Waals surface area contributed by atoms with Crippen LogP contribution in [-0.2, 0) is 4.74 Å². The van der Waals surface area contributed by atoms with E-state index in [-0.39, 0.29) is 41.9 Å². The molecule has 164 valence electrons. The fraction of sp³-hybridized carbons (Fsp3) is 0.600. The first-order valence-corrected chi connectivity index (χ1v) is 9.51. The van der Waals surface area contributed by atoms with Crippen molar-refractivity contribution in [3.05, 3.63) is 35.6 Å². The maximum atomic E-state index is 13.2. The van der Waals surface area contributed by atoms with Gasteiger partial charge in [-0.25, -0.2) is 9.18 Å². The second-order valence-corrected chi connectivity index (χ2v) is 8.18. The monoisotopic (exact) mass is 521 g/mol. The normalized spacial score (nSPS) is 16.4. The van der Waals surface area contributed by atoms with Crippen molar-refractivity contribution in [1.29, 1.82) is 0 Å². The molecule has 9 heteroatoms. The van der Waals surface area contributed by atoms with Crippen LogP contribution in [0.2, 0.25) is 0 Å². The molecule has 1 atom stereocenters. The molecule has 1 aliphatic heterocycles. The SMILES string of the molecule is CN(C)C(CN=C(N)N1CCN(C(=O)OC(C)(C)C)CC1)c1ccc(F)cc1.I. The first-order valence-electron chi connectivity index (χ1n) is 9.51. The van der Waals surface area contributed by atoms with Gasteiger partial charge in [-0.05, 0) is 52.6 Å². The number of nitrogens with zero attached hydrogens (tertiary/aromatic N) is 4. The van der Waals surface area contributed by atoms with Crippen LogP contribution in [0.15, 0.2) is 29.3 Å². The van der Waals surface area contributed by atoms with E-state index in [0.29, 0.717) is 38.7 Å². The van der Waals surface area contributed by atoms with E-state index < -0.39 is 5.60 Å². The zero-order valence-corrected chi connectivity index (χ0v) is 20.2. The van der Waals surface area contributed by atoms with E-state index in [1.165, 1.54) is 12.1 Å². The third-order valence-corrected chi connectivity index (χ3v) is 4.56. The number of rotatable bonds is 4. The number of benzene rings is 1. The van der Waals surface area contributed by atoms with Crippen LogP contribution in [0.5, 0.6) is 0 Å². The quantitative estimate of drug-likeness (QED) is 0.375. The highest BCUT2D eigenvalue weighted by Crippen LogP contribution is 2.19. The molecule has 0 radical (unpaired) electrons. The lowest BCUT2D eigenvalue weighted by atomic mass is 10.1. The maximum Gasteiger partial charge on any atom is 0.410 e. The fourth-order valence-corrected chi connectivity index (χ4v) is 2.98. The van der Waals surface area contributed by atoms with Gasteiger partial charge in [-0.15, -0.1) is 24.0 Å². The summed E-state index contributed by atoms with van der Waals surface area (Å²) in [4.78, 5) is 22.4. The van der Waals surface area contributed by atoms with E-state index in [1.807, 2.05) is 44.7 Å². The number of aliphatic imine (C=N–C) groups is 1. The van der Waals surface area contributed by atoms with Crippen LogP contribution in [0.3, 0.4) is 0 Å². The minimum Gasteiger partial charge on any atom is -0.444 e. The van der Waals surface area contributed by atoms with Gasteiger partial charge in [-0.3, -0.25) is 4.99 Å². The van der Waals surface area contributed by atoms with Crippen molar-refractivity contribution in [2.24, 2.45) is 10.7 Å². The number of halogens is 2. The molecule has 0 aromatic heterocycles. The summed E-state index contributed by atoms with van der Waals surface area (Å²) in [6.07, 6.45) is -0.299. The van der Waals surface area contributed by atoms with E-state index in [2.05, 4.69) is 4.99 Å². The summed E-state index contributed by atoms with van der Waals surface area (Å²) >= 11 is 0. The molecule has 1 aliphatic rings. The number of carbonyl (C=O) groups is 1. The van der Waals surface area contributed by atoms with E-state index in [1.54, 1.807) is 17.0 Å². The highest BCUT2D eigenvalue weighted by molar-refractivity contribution is 14.0. The van der Waals surface area contributed by atoms with Crippen molar-refractivity contribution in [2.75, 3.05) is 46.8 Å². The van der Waals surface area contributed by atoms with E-state index in [0.717, 1.165) is 5.56 Å². The largest absolute Gasteiger partial charge is 0.444 e. The van der Waals surface area contributed by atoms with Crippen LogP contribution in [-0.4, -0.2) is 79.2 Å². The summed E-state index contributed by atoms with van der Waals surface area (Å²) in [5, 5.41) is 0. The number of piperazine rings is 1. The van der Waals surface area contributed by atoms with E-state index >= 15 is 0 Å². The summed E-state index contributed by atoms with van der Waals surface area (Å²) in [7, 11) is 3.92. The number of hydrogen-bond donors (Lipinski definition) is 1. The predicted molar refractivity (Wildman–Crippen MR) is 124 cm³/mol. The number of nitrogens with two attached hydrogens (primary N) is 1. The average molecular weight is 521 g/mol. The van der Waals surface area contributed by atoms with Gasteiger partial charge in [-0.2, -0.15) is 0 Å². The van der Waals surface area contributed by atoms with Gasteiger partial charge < -0.3 is 25.2 Å². The number of ether oxygens (including phenoxy) is 1. The molecule has 1 amide bonds. The minimum atomic E-state index is -0.504. The van der Waals surface area contributed by atoms with Crippen LogP contribution in [0.25, 0.3) is 0 Å². The standard InChI is InChI=1S/C20H32FN5O2.HI/c1-20(2,3)28-19(27)26-12-10-25(11-13-26)18(22)23-14-17(24(4)5)15-6-8-16(21)9-7-15;/h6-9,17H,10-14H2,1-5H3,(H2,22,23);1H. The molecule has 29 heavy (non-hydrogen) atoms. The van der Waals surface area contributed by atoms with E-state index in [4.69, 9.17) is 10.5 Å². The molecule has 2 rings (SSSR count). The lowest BCUT2D eigenvalue weighted by molar-refractivity contribution is 0.0186. The van der Waals surface area contributed by atoms with Crippen LogP contribution < -0.4 is 5.73 Å². The van der Waals surface area contributed by atoms with Gasteiger partial charge in [0.25, 0.3) is 0 Å². The topological polar surface area (TPSA) is 74.4 Å². The van der Waals surface area contributed by atoms with Crippen molar-refractivity contribution in [2.45, 2.75) is 32.4 Å². The van der Waals surface area contributed by atoms with Crippen molar-refractivity contribution >= 4 is 36.0 Å². The Labute approximate surface area is 190 Å². The second-order valence-electron chi connectivity index (χ2n) is 8.18. The lowest BCUT2D eigenvalue weighted by Crippen LogP contribution is -2.53. The van der Waals surface area contributed by atoms with Gasteiger partial charge in [0.05, 0.1) is 12.6 Å². The van der Waals surface area contributed by atoms with Crippen molar-refractivity contribution in [1.82, 2.24) is 14.7 Å². The van der Waals surface area contributed by atoms with Crippen LogP contribution in [0.4, 0.5) is 9.18 Å². The fourth-order valence-electron chi connectivity index (χ4n) is 2.98. The van der Waals surface area contributed by atoms with Gasteiger partial charge in [0.15, 0.2) is 5.96 Å². The van der Waals surface area contributed by atoms with Crippen LogP contribution in [0, 0.1) is 5.82 Å². The molecular formula is C20H33FIN5O2. The first kappa shape index (κ1) is 25.4. The second kappa shape index (κ2) is 11.0. The Morgan fingerprint density at radius 2 is 1.69 bits per heavy atom. The smallest absolute Gasteiger partial charge is 0.410 e. The summed E-state index contributed by atoms with van der Waals surface area (Å²) in [5.74, 6) is 0.199. The minimum absolute atomic E-state index is 0. The number of amides is 1. The molecule has 0 aliphatic carbocycles. The van der Waals surface area contributed by atoms with Crippen molar-refractivity contribution in [3.63, 3.8) is 0 Å². The van der Waals surface area contributed by atoms with Gasteiger partial charge in [0.1, 0.15) is 11.4 Å². The highest BCUT2D eigenvalue weighted by Gasteiger charge is 2.26. The molecule has 1 fully saturated rings. The number of likely N-dealkylation sites (N-methyl/N-ethyl adjacent to an activating group) is 1. The zero-order valence-electron chi connectivity index (χ0n) is 17.9. The Kier molecular flexibility index (Phi) is 9.60. The Morgan fingerprint density at radius 3 is 2.17 bits per heavy atom. The highest BCUT2D eigenvalue weighted by atomic mass is 127. The molecule has 2 N–H and O–H groups in total. The summed E-state index contributed by atoms with van der Waals surface area (Å²) < 4.78 is 18.6. The van der Waals surface area contributed by atoms with Gasteiger partial charge in [-0.1, -0.05) is 12.1 Å². The van der Waals surface area contributed by atoms with E-state index in [9.17, 15) is 9.18 Å². The molecule has 1 aromatic carbocycles. The third kappa shape index (κ3) is 7.96. The maximum absolute atomic E-state index is 13.2. The summed E-state index contributed by atoms with van der Waals surface area (Å²) in [5.41, 5.74) is 6.67. The molecule has 1 aromatic rings. The number of carbonyl (C=O) groups excluding carboxylic acids is 1. The Hall–Kier alpha value is -1.62. The van der Waals surface area contributed by atoms with Crippen molar-refractivity contribution in [3.8, 4) is 0 Å². The predicted octanol–water partition coefficient (Wildman–Crippen LogP) is 2.91.